The van der Waals surface area contributed by atoms with Crippen molar-refractivity contribution in [2.24, 2.45) is 4.99 Å². The van der Waals surface area contributed by atoms with Gasteiger partial charge in [-0.3, -0.25) is 9.89 Å². The van der Waals surface area contributed by atoms with E-state index < -0.39 is 0 Å². The molecule has 0 saturated carbocycles. The van der Waals surface area contributed by atoms with Gasteiger partial charge in [-0.2, -0.15) is 0 Å². The molecular formula is C24H34FN3S2. The van der Waals surface area contributed by atoms with E-state index in [1.54, 1.807) is 17.8 Å². The zero-order chi connectivity index (χ0) is 21.4. The average molecular weight is 448 g/mol. The van der Waals surface area contributed by atoms with Crippen molar-refractivity contribution in [3.8, 4) is 0 Å². The maximum Gasteiger partial charge on any atom is 0.179 e. The summed E-state index contributed by atoms with van der Waals surface area (Å²) >= 11 is 7.23. The molecule has 1 aromatic rings. The van der Waals surface area contributed by atoms with E-state index in [9.17, 15) is 4.39 Å². The summed E-state index contributed by atoms with van der Waals surface area (Å²) in [5, 5.41) is 4.66. The third-order valence-electron chi connectivity index (χ3n) is 4.73. The van der Waals surface area contributed by atoms with Crippen LogP contribution in [-0.2, 0) is 0 Å². The van der Waals surface area contributed by atoms with Gasteiger partial charge in [0, 0.05) is 24.5 Å². The predicted molar refractivity (Wildman–Crippen MR) is 135 cm³/mol. The highest BCUT2D eigenvalue weighted by Gasteiger charge is 2.23. The predicted octanol–water partition coefficient (Wildman–Crippen LogP) is 7.18. The van der Waals surface area contributed by atoms with Crippen LogP contribution < -0.4 is 5.32 Å². The molecular weight excluding hydrogens is 413 g/mol. The van der Waals surface area contributed by atoms with E-state index in [1.807, 2.05) is 11.0 Å². The Morgan fingerprint density at radius 1 is 1.17 bits per heavy atom. The second-order valence-electron chi connectivity index (χ2n) is 7.31. The molecule has 1 fully saturated rings. The van der Waals surface area contributed by atoms with Crippen LogP contribution in [0.1, 0.15) is 58.3 Å². The molecule has 1 aromatic carbocycles. The van der Waals surface area contributed by atoms with Gasteiger partial charge in [0.25, 0.3) is 0 Å². The van der Waals surface area contributed by atoms with Crippen LogP contribution >= 0.6 is 24.0 Å². The first-order valence-electron chi connectivity index (χ1n) is 11.0. The number of allylic oxidation sites excluding steroid dienone is 4. The lowest BCUT2D eigenvalue weighted by Gasteiger charge is -2.20. The van der Waals surface area contributed by atoms with Crippen molar-refractivity contribution in [2.75, 3.05) is 24.2 Å². The van der Waals surface area contributed by atoms with E-state index in [-0.39, 0.29) is 5.82 Å². The third-order valence-corrected chi connectivity index (χ3v) is 6.05. The van der Waals surface area contributed by atoms with Gasteiger partial charge in [-0.1, -0.05) is 68.3 Å². The maximum absolute atomic E-state index is 13.4. The number of nitrogens with one attached hydrogen (secondary N) is 1. The van der Waals surface area contributed by atoms with E-state index in [0.717, 1.165) is 36.9 Å². The summed E-state index contributed by atoms with van der Waals surface area (Å²) in [6.07, 6.45) is 18.5. The number of anilines is 1. The Hall–Kier alpha value is -1.66. The van der Waals surface area contributed by atoms with Crippen LogP contribution in [0, 0.1) is 5.82 Å². The van der Waals surface area contributed by atoms with E-state index in [4.69, 9.17) is 17.2 Å². The molecule has 0 bridgehead atoms. The normalized spacial score (nSPS) is 15.7. The average Bonchev–Trinajstić information content (AvgIpc) is 3.20. The Balaban J connectivity index is 1.61. The fourth-order valence-electron chi connectivity index (χ4n) is 3.07. The molecule has 1 aliphatic heterocycles. The fourth-order valence-corrected chi connectivity index (χ4v) is 4.40. The number of amidine groups is 1. The van der Waals surface area contributed by atoms with Crippen LogP contribution in [0.25, 0.3) is 0 Å². The van der Waals surface area contributed by atoms with Gasteiger partial charge in [-0.05, 0) is 62.5 Å². The fraction of sp³-hybridized carbons (Fsp3) is 0.500. The van der Waals surface area contributed by atoms with Crippen LogP contribution in [-0.4, -0.2) is 34.0 Å². The minimum Gasteiger partial charge on any atom is -0.332 e. The zero-order valence-corrected chi connectivity index (χ0v) is 19.6. The summed E-state index contributed by atoms with van der Waals surface area (Å²) in [6, 6.07) is 6.36. The van der Waals surface area contributed by atoms with Crippen molar-refractivity contribution < 1.29 is 4.39 Å². The van der Waals surface area contributed by atoms with E-state index in [0.29, 0.717) is 10.8 Å². The first-order chi connectivity index (χ1) is 14.7. The Kier molecular flexibility index (Phi) is 12.5. The molecule has 0 radical (unpaired) electrons. The second kappa shape index (κ2) is 15.2. The van der Waals surface area contributed by atoms with Gasteiger partial charge in [-0.15, -0.1) is 0 Å². The largest absolute Gasteiger partial charge is 0.332 e. The lowest BCUT2D eigenvalue weighted by Crippen LogP contribution is -2.35. The molecule has 6 heteroatoms. The molecule has 0 atom stereocenters. The van der Waals surface area contributed by atoms with Crippen LogP contribution in [0.5, 0.6) is 0 Å². The number of aliphatic imine (C=N–C) groups is 1. The number of rotatable bonds is 12. The number of unbranched alkanes of at least 4 members (excludes halogenated alkanes) is 6. The lowest BCUT2D eigenvalue weighted by atomic mass is 10.2. The monoisotopic (exact) mass is 447 g/mol. The maximum atomic E-state index is 13.4. The van der Waals surface area contributed by atoms with Crippen molar-refractivity contribution in [3.63, 3.8) is 0 Å². The number of thiocarbonyl (C=S) groups is 1. The van der Waals surface area contributed by atoms with Gasteiger partial charge >= 0.3 is 0 Å². The topological polar surface area (TPSA) is 27.6 Å². The highest BCUT2D eigenvalue weighted by molar-refractivity contribution is 8.14. The van der Waals surface area contributed by atoms with Gasteiger partial charge in [-0.25, -0.2) is 4.39 Å². The second-order valence-corrected chi connectivity index (χ2v) is 8.76. The SMILES string of the molecule is CCCCC/C=C/C=C/CCCCC/N=C1/SCCN1C(=S)Nc1cccc(F)c1. The number of hydrogen-bond acceptors (Lipinski definition) is 3. The van der Waals surface area contributed by atoms with E-state index >= 15 is 0 Å². The molecule has 0 aliphatic carbocycles. The van der Waals surface area contributed by atoms with E-state index in [2.05, 4.69) is 36.5 Å². The highest BCUT2D eigenvalue weighted by atomic mass is 32.2. The summed E-state index contributed by atoms with van der Waals surface area (Å²) < 4.78 is 13.4. The molecule has 0 unspecified atom stereocenters. The first-order valence-corrected chi connectivity index (χ1v) is 12.4. The number of nitrogens with zero attached hydrogens (tertiary/aromatic N) is 2. The summed E-state index contributed by atoms with van der Waals surface area (Å²) in [5.74, 6) is 0.700. The van der Waals surface area contributed by atoms with Crippen molar-refractivity contribution in [1.29, 1.82) is 0 Å². The Morgan fingerprint density at radius 3 is 2.67 bits per heavy atom. The molecule has 3 nitrogen and oxygen atoms in total. The van der Waals surface area contributed by atoms with Crippen molar-refractivity contribution >= 4 is 39.9 Å². The molecule has 1 saturated heterocycles. The molecule has 1 heterocycles. The van der Waals surface area contributed by atoms with Crippen molar-refractivity contribution in [1.82, 2.24) is 4.90 Å². The van der Waals surface area contributed by atoms with Crippen LogP contribution in [0.3, 0.4) is 0 Å². The zero-order valence-electron chi connectivity index (χ0n) is 18.0. The molecule has 0 spiro atoms. The molecule has 0 amide bonds. The third kappa shape index (κ3) is 9.90. The van der Waals surface area contributed by atoms with Gasteiger partial charge in [0.05, 0.1) is 0 Å². The molecule has 30 heavy (non-hydrogen) atoms. The highest BCUT2D eigenvalue weighted by Crippen LogP contribution is 2.20. The Morgan fingerprint density at radius 2 is 1.93 bits per heavy atom. The van der Waals surface area contributed by atoms with Crippen LogP contribution in [0.4, 0.5) is 10.1 Å². The van der Waals surface area contributed by atoms with Crippen LogP contribution in [0.2, 0.25) is 0 Å². The summed E-state index contributed by atoms with van der Waals surface area (Å²) in [7, 11) is 0. The Labute approximate surface area is 190 Å². The van der Waals surface area contributed by atoms with Gasteiger partial charge in [0.2, 0.25) is 0 Å². The Bertz CT molecular complexity index is 731. The number of halogens is 1. The first kappa shape index (κ1) is 24.6. The number of benzene rings is 1. The summed E-state index contributed by atoms with van der Waals surface area (Å²) in [6.45, 7) is 3.89. The summed E-state index contributed by atoms with van der Waals surface area (Å²) in [5.41, 5.74) is 0.667. The number of thioether (sulfide) groups is 1. The molecule has 0 aromatic heterocycles. The molecule has 1 N–H and O–H groups in total. The summed E-state index contributed by atoms with van der Waals surface area (Å²) in [4.78, 5) is 6.76. The number of hydrogen-bond donors (Lipinski definition) is 1. The van der Waals surface area contributed by atoms with Crippen LogP contribution in [0.15, 0.2) is 53.6 Å². The van der Waals surface area contributed by atoms with E-state index in [1.165, 1.54) is 50.7 Å². The van der Waals surface area contributed by atoms with Crippen molar-refractivity contribution in [3.05, 3.63) is 54.4 Å². The molecule has 2 rings (SSSR count). The van der Waals surface area contributed by atoms with Gasteiger partial charge < -0.3 is 5.32 Å². The quantitative estimate of drug-likeness (QED) is 0.209. The van der Waals surface area contributed by atoms with Gasteiger partial charge in [0.15, 0.2) is 10.3 Å². The minimum atomic E-state index is -0.273. The smallest absolute Gasteiger partial charge is 0.179 e. The standard InChI is InChI=1S/C24H34FN3S2/c1-2-3-4-5-6-7-8-9-10-11-12-13-17-26-24-28(18-19-30-24)23(29)27-22-16-14-15-21(25)20-22/h6-9,14-16,20H,2-5,10-13,17-19H2,1H3,(H,27,29)/b7-6+,9-8+,26-24+. The van der Waals surface area contributed by atoms with Gasteiger partial charge in [0.1, 0.15) is 5.82 Å². The minimum absolute atomic E-state index is 0.273. The lowest BCUT2D eigenvalue weighted by molar-refractivity contribution is 0.628. The van der Waals surface area contributed by atoms with Crippen molar-refractivity contribution in [2.45, 2.75) is 58.3 Å². The molecule has 164 valence electrons. The molecule has 1 aliphatic rings.